The molecule has 1 rings (SSSR count). The van der Waals surface area contributed by atoms with Crippen molar-refractivity contribution in [1.82, 2.24) is 0 Å². The molecule has 0 aliphatic heterocycles. The van der Waals surface area contributed by atoms with Gasteiger partial charge in [0.25, 0.3) is 0 Å². The third-order valence-corrected chi connectivity index (χ3v) is 1.50. The van der Waals surface area contributed by atoms with Gasteiger partial charge in [0.2, 0.25) is 0 Å². The molecule has 0 unspecified atom stereocenters. The van der Waals surface area contributed by atoms with Gasteiger partial charge in [0.15, 0.2) is 11.6 Å². The number of rotatable bonds is 1. The van der Waals surface area contributed by atoms with Gasteiger partial charge >= 0.3 is 0 Å². The first kappa shape index (κ1) is 7.98. The molecule has 0 saturated heterocycles. The molecule has 1 nitrogen and oxygen atoms in total. The molecule has 0 fully saturated rings. The molecule has 0 saturated carbocycles. The van der Waals surface area contributed by atoms with Crippen molar-refractivity contribution in [2.24, 2.45) is 0 Å². The summed E-state index contributed by atoms with van der Waals surface area (Å²) >= 11 is 0. The molecule has 1 N–H and O–H groups in total. The highest BCUT2D eigenvalue weighted by Crippen LogP contribution is 2.19. The van der Waals surface area contributed by atoms with E-state index in [-0.39, 0.29) is 5.56 Å². The lowest BCUT2D eigenvalue weighted by atomic mass is 10.1. The van der Waals surface area contributed by atoms with Gasteiger partial charge in [-0.3, -0.25) is 0 Å². The highest BCUT2D eigenvalue weighted by molar-refractivity contribution is 5.29. The maximum atomic E-state index is 12.7. The molecule has 60 valence electrons. The molecule has 0 bridgehead atoms. The summed E-state index contributed by atoms with van der Waals surface area (Å²) in [7, 11) is 0. The van der Waals surface area contributed by atoms with Crippen LogP contribution in [0.15, 0.2) is 12.1 Å². The van der Waals surface area contributed by atoms with Gasteiger partial charge in [0.05, 0.1) is 0 Å². The Morgan fingerprint density at radius 2 is 1.91 bits per heavy atom. The van der Waals surface area contributed by atoms with Crippen molar-refractivity contribution < 1.29 is 13.9 Å². The Labute approximate surface area is 63.3 Å². The average Bonchev–Trinajstić information content (AvgIpc) is 1.97. The van der Waals surface area contributed by atoms with Gasteiger partial charge in [-0.2, -0.15) is 0 Å². The predicted molar refractivity (Wildman–Crippen MR) is 37.4 cm³/mol. The number of aromatic hydroxyl groups is 1. The van der Waals surface area contributed by atoms with E-state index in [9.17, 15) is 8.78 Å². The van der Waals surface area contributed by atoms with Crippen LogP contribution in [0.4, 0.5) is 8.78 Å². The summed E-state index contributed by atoms with van der Waals surface area (Å²) in [4.78, 5) is 0. The van der Waals surface area contributed by atoms with Crippen molar-refractivity contribution in [2.75, 3.05) is 0 Å². The SMILES string of the molecule is CCc1cc(F)c(O)cc1F. The summed E-state index contributed by atoms with van der Waals surface area (Å²) in [6, 6.07) is 1.79. The lowest BCUT2D eigenvalue weighted by Crippen LogP contribution is -1.89. The molecule has 0 heterocycles. The minimum atomic E-state index is -0.775. The first-order valence-electron chi connectivity index (χ1n) is 3.32. The Morgan fingerprint density at radius 3 is 2.45 bits per heavy atom. The lowest BCUT2D eigenvalue weighted by molar-refractivity contribution is 0.425. The molecule has 11 heavy (non-hydrogen) atoms. The van der Waals surface area contributed by atoms with Crippen molar-refractivity contribution in [3.8, 4) is 5.75 Å². The van der Waals surface area contributed by atoms with E-state index >= 15 is 0 Å². The van der Waals surface area contributed by atoms with Crippen LogP contribution in [0.3, 0.4) is 0 Å². The summed E-state index contributed by atoms with van der Waals surface area (Å²) < 4.78 is 25.2. The second-order valence-electron chi connectivity index (χ2n) is 2.25. The molecule has 0 atom stereocenters. The molecule has 0 amide bonds. The second kappa shape index (κ2) is 2.86. The largest absolute Gasteiger partial charge is 0.505 e. The fourth-order valence-electron chi connectivity index (χ4n) is 0.848. The molecule has 0 aromatic heterocycles. The van der Waals surface area contributed by atoms with Crippen LogP contribution in [-0.4, -0.2) is 5.11 Å². The fourth-order valence-corrected chi connectivity index (χ4v) is 0.848. The Kier molecular flexibility index (Phi) is 2.08. The Balaban J connectivity index is 3.21. The van der Waals surface area contributed by atoms with Crippen LogP contribution in [-0.2, 0) is 6.42 Å². The van der Waals surface area contributed by atoms with Crippen LogP contribution in [0.2, 0.25) is 0 Å². The number of phenolic OH excluding ortho intramolecular Hbond substituents is 1. The van der Waals surface area contributed by atoms with Crippen LogP contribution >= 0.6 is 0 Å². The molecular weight excluding hydrogens is 150 g/mol. The normalized spacial score (nSPS) is 10.1. The summed E-state index contributed by atoms with van der Waals surface area (Å²) in [6.45, 7) is 1.72. The lowest BCUT2D eigenvalue weighted by Gasteiger charge is -2.00. The van der Waals surface area contributed by atoms with Crippen molar-refractivity contribution in [3.63, 3.8) is 0 Å². The fraction of sp³-hybridized carbons (Fsp3) is 0.250. The zero-order valence-electron chi connectivity index (χ0n) is 6.06. The molecule has 1 aromatic carbocycles. The van der Waals surface area contributed by atoms with Crippen molar-refractivity contribution in [3.05, 3.63) is 29.3 Å². The van der Waals surface area contributed by atoms with Crippen LogP contribution < -0.4 is 0 Å². The number of hydrogen-bond acceptors (Lipinski definition) is 1. The first-order valence-corrected chi connectivity index (χ1v) is 3.32. The van der Waals surface area contributed by atoms with E-state index in [1.165, 1.54) is 0 Å². The van der Waals surface area contributed by atoms with Crippen LogP contribution in [0.25, 0.3) is 0 Å². The zero-order valence-corrected chi connectivity index (χ0v) is 6.06. The number of halogens is 2. The van der Waals surface area contributed by atoms with E-state index in [1.807, 2.05) is 0 Å². The number of aryl methyl sites for hydroxylation is 1. The summed E-state index contributed by atoms with van der Waals surface area (Å²) in [5.74, 6) is -1.98. The van der Waals surface area contributed by atoms with Gasteiger partial charge in [-0.05, 0) is 18.1 Å². The van der Waals surface area contributed by atoms with Crippen molar-refractivity contribution >= 4 is 0 Å². The van der Waals surface area contributed by atoms with Gasteiger partial charge < -0.3 is 5.11 Å². The molecule has 3 heteroatoms. The van der Waals surface area contributed by atoms with Gasteiger partial charge in [-0.1, -0.05) is 6.92 Å². The minimum Gasteiger partial charge on any atom is -0.505 e. The maximum absolute atomic E-state index is 12.7. The van der Waals surface area contributed by atoms with Gasteiger partial charge in [0.1, 0.15) is 5.82 Å². The molecule has 0 aliphatic carbocycles. The van der Waals surface area contributed by atoms with E-state index in [4.69, 9.17) is 5.11 Å². The summed E-state index contributed by atoms with van der Waals surface area (Å²) in [6.07, 6.45) is 0.420. The van der Waals surface area contributed by atoms with Crippen molar-refractivity contribution in [2.45, 2.75) is 13.3 Å². The van der Waals surface area contributed by atoms with E-state index in [1.54, 1.807) is 6.92 Å². The standard InChI is InChI=1S/C8H8F2O/c1-2-5-3-7(10)8(11)4-6(5)9/h3-4,11H,2H2,1H3. The summed E-state index contributed by atoms with van der Waals surface area (Å²) in [5, 5.41) is 8.71. The number of hydrogen-bond donors (Lipinski definition) is 1. The number of phenols is 1. The first-order chi connectivity index (χ1) is 5.15. The monoisotopic (exact) mass is 158 g/mol. The van der Waals surface area contributed by atoms with Crippen molar-refractivity contribution in [1.29, 1.82) is 0 Å². The molecule has 1 aromatic rings. The number of benzene rings is 1. The van der Waals surface area contributed by atoms with Crippen LogP contribution in [0.5, 0.6) is 5.75 Å². The van der Waals surface area contributed by atoms with Crippen LogP contribution in [0, 0.1) is 11.6 Å². The third-order valence-electron chi connectivity index (χ3n) is 1.50. The smallest absolute Gasteiger partial charge is 0.165 e. The molecule has 0 spiro atoms. The molecule has 0 aliphatic rings. The highest BCUT2D eigenvalue weighted by Gasteiger charge is 2.06. The topological polar surface area (TPSA) is 20.2 Å². The Morgan fingerprint density at radius 1 is 1.27 bits per heavy atom. The van der Waals surface area contributed by atoms with Gasteiger partial charge in [-0.25, -0.2) is 8.78 Å². The molecular formula is C8H8F2O. The predicted octanol–water partition coefficient (Wildman–Crippen LogP) is 2.23. The minimum absolute atomic E-state index is 0.278. The quantitative estimate of drug-likeness (QED) is 0.664. The Hall–Kier alpha value is -1.12. The Bertz CT molecular complexity index is 271. The van der Waals surface area contributed by atoms with Gasteiger partial charge in [-0.15, -0.1) is 0 Å². The van der Waals surface area contributed by atoms with E-state index < -0.39 is 17.4 Å². The average molecular weight is 158 g/mol. The maximum Gasteiger partial charge on any atom is 0.165 e. The van der Waals surface area contributed by atoms with E-state index in [2.05, 4.69) is 0 Å². The molecule has 0 radical (unpaired) electrons. The van der Waals surface area contributed by atoms with Crippen LogP contribution in [0.1, 0.15) is 12.5 Å². The third kappa shape index (κ3) is 1.48. The zero-order chi connectivity index (χ0) is 8.43. The van der Waals surface area contributed by atoms with Gasteiger partial charge in [0, 0.05) is 6.07 Å². The van der Waals surface area contributed by atoms with E-state index in [0.717, 1.165) is 12.1 Å². The summed E-state index contributed by atoms with van der Waals surface area (Å²) in [5.41, 5.74) is 0.278. The van der Waals surface area contributed by atoms with E-state index in [0.29, 0.717) is 6.42 Å². The second-order valence-corrected chi connectivity index (χ2v) is 2.25. The highest BCUT2D eigenvalue weighted by atomic mass is 19.1.